The van der Waals surface area contributed by atoms with E-state index < -0.39 is 24.2 Å². The van der Waals surface area contributed by atoms with Gasteiger partial charge in [-0.05, 0) is 19.1 Å². The molecule has 1 atom stereocenters. The lowest BCUT2D eigenvalue weighted by Crippen LogP contribution is -2.02. The Labute approximate surface area is 99.0 Å². The molecule has 0 saturated carbocycles. The summed E-state index contributed by atoms with van der Waals surface area (Å²) in [6, 6.07) is 2.33. The van der Waals surface area contributed by atoms with Gasteiger partial charge in [-0.25, -0.2) is 17.6 Å². The van der Waals surface area contributed by atoms with Crippen molar-refractivity contribution in [2.45, 2.75) is 19.5 Å². The first-order valence-electron chi connectivity index (χ1n) is 4.72. The molecule has 0 aliphatic heterocycles. The molecule has 1 nitrogen and oxygen atoms in total. The molecule has 0 N–H and O–H groups in total. The fourth-order valence-electron chi connectivity index (χ4n) is 1.64. The standard InChI is InChI=1S/C11H7ClF4O/c1-4-6-2-5(12)3-7(13)10(6)17-9(4)8(14)11(15)16/h2-3,8,11H,1H3. The average molecular weight is 267 g/mol. The summed E-state index contributed by atoms with van der Waals surface area (Å²) in [7, 11) is 0. The Kier molecular flexibility index (Phi) is 3.03. The van der Waals surface area contributed by atoms with E-state index in [2.05, 4.69) is 0 Å². The van der Waals surface area contributed by atoms with E-state index in [0.717, 1.165) is 6.07 Å². The molecule has 0 fully saturated rings. The van der Waals surface area contributed by atoms with Crippen LogP contribution in [0.25, 0.3) is 11.0 Å². The van der Waals surface area contributed by atoms with E-state index in [-0.39, 0.29) is 21.6 Å². The molecule has 2 aromatic rings. The van der Waals surface area contributed by atoms with E-state index in [4.69, 9.17) is 16.0 Å². The molecular weight excluding hydrogens is 260 g/mol. The summed E-state index contributed by atoms with van der Waals surface area (Å²) < 4.78 is 55.9. The van der Waals surface area contributed by atoms with Crippen molar-refractivity contribution in [2.75, 3.05) is 0 Å². The lowest BCUT2D eigenvalue weighted by atomic mass is 10.1. The number of rotatable bonds is 2. The monoisotopic (exact) mass is 266 g/mol. The van der Waals surface area contributed by atoms with Crippen LogP contribution in [0.4, 0.5) is 17.6 Å². The van der Waals surface area contributed by atoms with Crippen LogP contribution in [0.1, 0.15) is 17.5 Å². The largest absolute Gasteiger partial charge is 0.454 e. The van der Waals surface area contributed by atoms with E-state index in [9.17, 15) is 17.6 Å². The first-order chi connectivity index (χ1) is 7.91. The Bertz CT molecular complexity index is 564. The highest BCUT2D eigenvalue weighted by atomic mass is 35.5. The minimum absolute atomic E-state index is 0.0953. The summed E-state index contributed by atoms with van der Waals surface area (Å²) in [6.07, 6.45) is -5.78. The maximum Gasteiger partial charge on any atom is 0.276 e. The third kappa shape index (κ3) is 1.99. The van der Waals surface area contributed by atoms with E-state index in [1.54, 1.807) is 0 Å². The van der Waals surface area contributed by atoms with Gasteiger partial charge in [0.25, 0.3) is 6.43 Å². The molecule has 1 heterocycles. The second kappa shape index (κ2) is 4.22. The van der Waals surface area contributed by atoms with Gasteiger partial charge in [0.2, 0.25) is 6.17 Å². The van der Waals surface area contributed by atoms with Crippen LogP contribution >= 0.6 is 11.6 Å². The summed E-state index contributed by atoms with van der Waals surface area (Å²) in [4.78, 5) is 0. The zero-order chi connectivity index (χ0) is 12.7. The van der Waals surface area contributed by atoms with Crippen molar-refractivity contribution < 1.29 is 22.0 Å². The molecule has 2 rings (SSSR count). The van der Waals surface area contributed by atoms with Crippen molar-refractivity contribution >= 4 is 22.6 Å². The van der Waals surface area contributed by atoms with Crippen molar-refractivity contribution in [1.82, 2.24) is 0 Å². The van der Waals surface area contributed by atoms with Gasteiger partial charge in [0.15, 0.2) is 11.4 Å². The number of alkyl halides is 3. The molecule has 0 aliphatic rings. The Morgan fingerprint density at radius 2 is 1.88 bits per heavy atom. The van der Waals surface area contributed by atoms with Gasteiger partial charge < -0.3 is 4.42 Å². The van der Waals surface area contributed by atoms with Gasteiger partial charge in [0, 0.05) is 16.0 Å². The SMILES string of the molecule is Cc1c(C(F)C(F)F)oc2c(F)cc(Cl)cc12. The van der Waals surface area contributed by atoms with Crippen LogP contribution in [0.5, 0.6) is 0 Å². The molecular formula is C11H7ClF4O. The maximum absolute atomic E-state index is 13.4. The number of hydrogen-bond acceptors (Lipinski definition) is 1. The van der Waals surface area contributed by atoms with Crippen LogP contribution in [-0.2, 0) is 0 Å². The summed E-state index contributed by atoms with van der Waals surface area (Å²) in [5.41, 5.74) is -0.126. The highest BCUT2D eigenvalue weighted by Crippen LogP contribution is 2.36. The van der Waals surface area contributed by atoms with Gasteiger partial charge in [0.05, 0.1) is 0 Å². The molecule has 1 unspecified atom stereocenters. The molecule has 17 heavy (non-hydrogen) atoms. The molecule has 0 saturated heterocycles. The van der Waals surface area contributed by atoms with Crippen molar-refractivity contribution in [2.24, 2.45) is 0 Å². The number of hydrogen-bond donors (Lipinski definition) is 0. The van der Waals surface area contributed by atoms with Gasteiger partial charge >= 0.3 is 0 Å². The Hall–Kier alpha value is -1.23. The lowest BCUT2D eigenvalue weighted by Gasteiger charge is -2.03. The van der Waals surface area contributed by atoms with Crippen LogP contribution in [0.3, 0.4) is 0 Å². The van der Waals surface area contributed by atoms with Gasteiger partial charge in [-0.15, -0.1) is 0 Å². The summed E-state index contributed by atoms with van der Waals surface area (Å²) >= 11 is 5.62. The summed E-state index contributed by atoms with van der Waals surface area (Å²) in [6.45, 7) is 1.38. The van der Waals surface area contributed by atoms with Gasteiger partial charge in [-0.3, -0.25) is 0 Å². The first-order valence-corrected chi connectivity index (χ1v) is 5.10. The second-order valence-corrected chi connectivity index (χ2v) is 4.03. The predicted molar refractivity (Wildman–Crippen MR) is 55.8 cm³/mol. The summed E-state index contributed by atoms with van der Waals surface area (Å²) in [5.74, 6) is -1.36. The zero-order valence-electron chi connectivity index (χ0n) is 8.61. The van der Waals surface area contributed by atoms with Crippen molar-refractivity contribution in [3.05, 3.63) is 34.3 Å². The lowest BCUT2D eigenvalue weighted by molar-refractivity contribution is 0.0380. The molecule has 1 aromatic carbocycles. The molecule has 92 valence electrons. The highest BCUT2D eigenvalue weighted by molar-refractivity contribution is 6.31. The predicted octanol–water partition coefficient (Wildman–Crippen LogP) is 4.81. The third-order valence-corrected chi connectivity index (χ3v) is 2.68. The fraction of sp³-hybridized carbons (Fsp3) is 0.273. The Morgan fingerprint density at radius 3 is 2.47 bits per heavy atom. The van der Waals surface area contributed by atoms with E-state index in [1.165, 1.54) is 13.0 Å². The van der Waals surface area contributed by atoms with Crippen molar-refractivity contribution in [1.29, 1.82) is 0 Å². The van der Waals surface area contributed by atoms with Gasteiger partial charge in [-0.2, -0.15) is 0 Å². The number of benzene rings is 1. The fourth-order valence-corrected chi connectivity index (χ4v) is 1.84. The molecule has 0 aliphatic carbocycles. The molecule has 6 heteroatoms. The van der Waals surface area contributed by atoms with Crippen LogP contribution in [0.2, 0.25) is 5.02 Å². The van der Waals surface area contributed by atoms with E-state index in [1.807, 2.05) is 0 Å². The number of fused-ring (bicyclic) bond motifs is 1. The van der Waals surface area contributed by atoms with Crippen LogP contribution < -0.4 is 0 Å². The van der Waals surface area contributed by atoms with Crippen LogP contribution in [0.15, 0.2) is 16.5 Å². The molecule has 0 spiro atoms. The minimum atomic E-state index is -3.22. The second-order valence-electron chi connectivity index (χ2n) is 3.59. The van der Waals surface area contributed by atoms with Crippen LogP contribution in [0, 0.1) is 12.7 Å². The smallest absolute Gasteiger partial charge is 0.276 e. The first kappa shape index (κ1) is 12.2. The maximum atomic E-state index is 13.4. The summed E-state index contributed by atoms with van der Waals surface area (Å²) in [5, 5.41) is 0.297. The topological polar surface area (TPSA) is 13.1 Å². The van der Waals surface area contributed by atoms with E-state index in [0.29, 0.717) is 0 Å². The molecule has 0 amide bonds. The normalized spacial score (nSPS) is 13.6. The van der Waals surface area contributed by atoms with Gasteiger partial charge in [-0.1, -0.05) is 11.6 Å². The van der Waals surface area contributed by atoms with Crippen molar-refractivity contribution in [3.63, 3.8) is 0 Å². The molecule has 0 radical (unpaired) electrons. The van der Waals surface area contributed by atoms with Gasteiger partial charge in [0.1, 0.15) is 5.76 Å². The third-order valence-electron chi connectivity index (χ3n) is 2.47. The molecule has 1 aromatic heterocycles. The quantitative estimate of drug-likeness (QED) is 0.711. The van der Waals surface area contributed by atoms with Crippen molar-refractivity contribution in [3.8, 4) is 0 Å². The van der Waals surface area contributed by atoms with E-state index >= 15 is 0 Å². The number of aryl methyl sites for hydroxylation is 1. The Morgan fingerprint density at radius 1 is 1.24 bits per heavy atom. The van der Waals surface area contributed by atoms with Crippen LogP contribution in [-0.4, -0.2) is 6.43 Å². The minimum Gasteiger partial charge on any atom is -0.454 e. The number of halogens is 5. The highest BCUT2D eigenvalue weighted by Gasteiger charge is 2.29. The number of furan rings is 1. The Balaban J connectivity index is 2.68. The molecule has 0 bridgehead atoms. The zero-order valence-corrected chi connectivity index (χ0v) is 9.36. The average Bonchev–Trinajstić information content (AvgIpc) is 2.56.